The summed E-state index contributed by atoms with van der Waals surface area (Å²) in [6.45, 7) is 2.29. The smallest absolute Gasteiger partial charge is 0.137 e. The predicted molar refractivity (Wildman–Crippen MR) is 84.4 cm³/mol. The van der Waals surface area contributed by atoms with E-state index in [1.165, 1.54) is 5.56 Å². The van der Waals surface area contributed by atoms with E-state index >= 15 is 0 Å². The third-order valence-corrected chi connectivity index (χ3v) is 3.22. The van der Waals surface area contributed by atoms with Crippen molar-refractivity contribution in [1.82, 2.24) is 5.32 Å². The molecule has 0 amide bonds. The maximum atomic E-state index is 9.01. The molecule has 0 aliphatic heterocycles. The van der Waals surface area contributed by atoms with E-state index in [2.05, 4.69) is 23.5 Å². The summed E-state index contributed by atoms with van der Waals surface area (Å²) in [6.07, 6.45) is 0.875. The maximum Gasteiger partial charge on any atom is 0.137 e. The molecule has 0 heterocycles. The quantitative estimate of drug-likeness (QED) is 0.792. The lowest BCUT2D eigenvalue weighted by molar-refractivity contribution is 0.307. The predicted octanol–water partition coefficient (Wildman–Crippen LogP) is 3.77. The standard InChI is InChI=1S/C17H17ClN2O/c18-16-7-8-17(15(11-16)12-19)21-10-4-9-20-13-14-5-2-1-3-6-14/h1-3,5-8,11,20H,4,9-10,13H2. The summed E-state index contributed by atoms with van der Waals surface area (Å²) in [5.41, 5.74) is 1.74. The third kappa shape index (κ3) is 5.11. The van der Waals surface area contributed by atoms with E-state index in [9.17, 15) is 0 Å². The van der Waals surface area contributed by atoms with Gasteiger partial charge in [-0.05, 0) is 36.7 Å². The van der Waals surface area contributed by atoms with Crippen molar-refractivity contribution < 1.29 is 4.74 Å². The van der Waals surface area contributed by atoms with Gasteiger partial charge in [0.1, 0.15) is 11.8 Å². The van der Waals surface area contributed by atoms with E-state index in [1.807, 2.05) is 18.2 Å². The summed E-state index contributed by atoms with van der Waals surface area (Å²) < 4.78 is 5.61. The Morgan fingerprint density at radius 1 is 1.14 bits per heavy atom. The monoisotopic (exact) mass is 300 g/mol. The molecule has 0 spiro atoms. The summed E-state index contributed by atoms with van der Waals surface area (Å²) in [5.74, 6) is 0.588. The van der Waals surface area contributed by atoms with Crippen LogP contribution in [0.3, 0.4) is 0 Å². The highest BCUT2D eigenvalue weighted by Crippen LogP contribution is 2.21. The van der Waals surface area contributed by atoms with Gasteiger partial charge < -0.3 is 10.1 Å². The van der Waals surface area contributed by atoms with Gasteiger partial charge in [0.15, 0.2) is 0 Å². The van der Waals surface area contributed by atoms with Crippen LogP contribution in [0.5, 0.6) is 5.75 Å². The fraction of sp³-hybridized carbons (Fsp3) is 0.235. The molecule has 0 aliphatic rings. The summed E-state index contributed by atoms with van der Waals surface area (Å²) in [4.78, 5) is 0. The molecule has 0 atom stereocenters. The molecule has 2 aromatic carbocycles. The highest BCUT2D eigenvalue weighted by molar-refractivity contribution is 6.30. The largest absolute Gasteiger partial charge is 0.492 e. The molecule has 0 bridgehead atoms. The minimum Gasteiger partial charge on any atom is -0.492 e. The Bertz CT molecular complexity index is 608. The van der Waals surface area contributed by atoms with Gasteiger partial charge in [-0.1, -0.05) is 41.9 Å². The number of nitriles is 1. The number of nitrogens with zero attached hydrogens (tertiary/aromatic N) is 1. The van der Waals surface area contributed by atoms with Crippen molar-refractivity contribution in [3.05, 3.63) is 64.7 Å². The second-order valence-electron chi connectivity index (χ2n) is 4.62. The summed E-state index contributed by atoms with van der Waals surface area (Å²) >= 11 is 5.84. The summed E-state index contributed by atoms with van der Waals surface area (Å²) in [7, 11) is 0. The Morgan fingerprint density at radius 3 is 2.71 bits per heavy atom. The normalized spacial score (nSPS) is 10.1. The van der Waals surface area contributed by atoms with Gasteiger partial charge >= 0.3 is 0 Å². The zero-order chi connectivity index (χ0) is 14.9. The molecule has 2 rings (SSSR count). The minimum absolute atomic E-state index is 0.472. The van der Waals surface area contributed by atoms with Crippen LogP contribution in [-0.2, 0) is 6.54 Å². The SMILES string of the molecule is N#Cc1cc(Cl)ccc1OCCCNCc1ccccc1. The fourth-order valence-corrected chi connectivity index (χ4v) is 2.10. The van der Waals surface area contributed by atoms with Crippen LogP contribution < -0.4 is 10.1 Å². The number of ether oxygens (including phenoxy) is 1. The second kappa shape index (κ2) is 8.31. The van der Waals surface area contributed by atoms with Crippen LogP contribution in [0.25, 0.3) is 0 Å². The second-order valence-corrected chi connectivity index (χ2v) is 5.05. The van der Waals surface area contributed by atoms with Crippen LogP contribution in [0, 0.1) is 11.3 Å². The first kappa shape index (κ1) is 15.4. The molecule has 0 fully saturated rings. The van der Waals surface area contributed by atoms with E-state index in [4.69, 9.17) is 21.6 Å². The first-order chi connectivity index (χ1) is 10.3. The van der Waals surface area contributed by atoms with Crippen molar-refractivity contribution in [2.24, 2.45) is 0 Å². The van der Waals surface area contributed by atoms with E-state index in [0.29, 0.717) is 22.9 Å². The van der Waals surface area contributed by atoms with Gasteiger partial charge in [0.05, 0.1) is 12.2 Å². The molecule has 21 heavy (non-hydrogen) atoms. The Kier molecular flexibility index (Phi) is 6.08. The number of rotatable bonds is 7. The lowest BCUT2D eigenvalue weighted by atomic mass is 10.2. The molecule has 0 saturated carbocycles. The number of nitrogens with one attached hydrogen (secondary N) is 1. The van der Waals surface area contributed by atoms with Crippen LogP contribution in [0.1, 0.15) is 17.5 Å². The Hall–Kier alpha value is -2.02. The van der Waals surface area contributed by atoms with Gasteiger partial charge in [-0.3, -0.25) is 0 Å². The van der Waals surface area contributed by atoms with Crippen molar-refractivity contribution in [3.8, 4) is 11.8 Å². The Balaban J connectivity index is 1.67. The highest BCUT2D eigenvalue weighted by Gasteiger charge is 2.03. The van der Waals surface area contributed by atoms with Crippen LogP contribution in [0.2, 0.25) is 5.02 Å². The molecular formula is C17H17ClN2O. The van der Waals surface area contributed by atoms with E-state index in [0.717, 1.165) is 19.5 Å². The molecule has 0 saturated heterocycles. The number of halogens is 1. The van der Waals surface area contributed by atoms with Crippen LogP contribution >= 0.6 is 11.6 Å². The Labute approximate surface area is 130 Å². The van der Waals surface area contributed by atoms with Gasteiger partial charge in [0.2, 0.25) is 0 Å². The average Bonchev–Trinajstić information content (AvgIpc) is 2.52. The van der Waals surface area contributed by atoms with Crippen molar-refractivity contribution in [2.45, 2.75) is 13.0 Å². The number of hydrogen-bond acceptors (Lipinski definition) is 3. The molecule has 0 aliphatic carbocycles. The van der Waals surface area contributed by atoms with E-state index in [-0.39, 0.29) is 0 Å². The van der Waals surface area contributed by atoms with E-state index < -0.39 is 0 Å². The Morgan fingerprint density at radius 2 is 1.95 bits per heavy atom. The maximum absolute atomic E-state index is 9.01. The zero-order valence-electron chi connectivity index (χ0n) is 11.7. The van der Waals surface area contributed by atoms with Gasteiger partial charge in [0, 0.05) is 11.6 Å². The minimum atomic E-state index is 0.472. The first-order valence-electron chi connectivity index (χ1n) is 6.86. The van der Waals surface area contributed by atoms with Gasteiger partial charge in [0.25, 0.3) is 0 Å². The summed E-state index contributed by atoms with van der Waals surface area (Å²) in [6, 6.07) is 17.4. The van der Waals surface area contributed by atoms with Crippen molar-refractivity contribution >= 4 is 11.6 Å². The molecule has 0 radical (unpaired) electrons. The fourth-order valence-electron chi connectivity index (χ4n) is 1.92. The van der Waals surface area contributed by atoms with Crippen LogP contribution in [0.15, 0.2) is 48.5 Å². The first-order valence-corrected chi connectivity index (χ1v) is 7.24. The molecule has 1 N–H and O–H groups in total. The van der Waals surface area contributed by atoms with Gasteiger partial charge in [-0.15, -0.1) is 0 Å². The van der Waals surface area contributed by atoms with Gasteiger partial charge in [-0.2, -0.15) is 5.26 Å². The van der Waals surface area contributed by atoms with Crippen molar-refractivity contribution in [1.29, 1.82) is 5.26 Å². The molecule has 0 aromatic heterocycles. The number of hydrogen-bond donors (Lipinski definition) is 1. The van der Waals surface area contributed by atoms with Gasteiger partial charge in [-0.25, -0.2) is 0 Å². The summed E-state index contributed by atoms with van der Waals surface area (Å²) in [5, 5.41) is 12.9. The van der Waals surface area contributed by atoms with E-state index in [1.54, 1.807) is 18.2 Å². The zero-order valence-corrected chi connectivity index (χ0v) is 12.4. The molecular weight excluding hydrogens is 284 g/mol. The van der Waals surface area contributed by atoms with Crippen molar-refractivity contribution in [2.75, 3.05) is 13.2 Å². The molecule has 4 heteroatoms. The van der Waals surface area contributed by atoms with Crippen LogP contribution in [0.4, 0.5) is 0 Å². The molecule has 2 aromatic rings. The highest BCUT2D eigenvalue weighted by atomic mass is 35.5. The molecule has 108 valence electrons. The molecule has 0 unspecified atom stereocenters. The average molecular weight is 301 g/mol. The lowest BCUT2D eigenvalue weighted by Gasteiger charge is -2.09. The van der Waals surface area contributed by atoms with Crippen molar-refractivity contribution in [3.63, 3.8) is 0 Å². The lowest BCUT2D eigenvalue weighted by Crippen LogP contribution is -2.17. The third-order valence-electron chi connectivity index (χ3n) is 2.99. The van der Waals surface area contributed by atoms with Crippen LogP contribution in [-0.4, -0.2) is 13.2 Å². The molecule has 3 nitrogen and oxygen atoms in total. The number of benzene rings is 2. The topological polar surface area (TPSA) is 45.0 Å².